The third kappa shape index (κ3) is 5.86. The smallest absolute Gasteiger partial charge is 0.315 e. The Hall–Kier alpha value is -1.25. The van der Waals surface area contributed by atoms with E-state index < -0.39 is 6.10 Å². The Kier molecular flexibility index (Phi) is 7.43. The highest BCUT2D eigenvalue weighted by Gasteiger charge is 2.42. The second-order valence-electron chi connectivity index (χ2n) is 7.72. The molecule has 3 rings (SSSR count). The van der Waals surface area contributed by atoms with Crippen LogP contribution in [0.25, 0.3) is 0 Å². The van der Waals surface area contributed by atoms with Crippen molar-refractivity contribution in [3.05, 3.63) is 12.2 Å². The molecule has 0 aromatic rings. The Morgan fingerprint density at radius 2 is 2.07 bits per heavy atom. The van der Waals surface area contributed by atoms with Crippen molar-refractivity contribution in [1.82, 2.24) is 20.4 Å². The summed E-state index contributed by atoms with van der Waals surface area (Å²) >= 11 is 1.93. The van der Waals surface area contributed by atoms with E-state index in [2.05, 4.69) is 15.5 Å². The molecule has 27 heavy (non-hydrogen) atoms. The molecule has 3 aliphatic rings. The van der Waals surface area contributed by atoms with E-state index in [1.165, 1.54) is 0 Å². The molecule has 0 aromatic carbocycles. The average Bonchev–Trinajstić information content (AvgIpc) is 3.18. The number of fused-ring (bicyclic) bond motifs is 1. The number of hydrogen-bond acceptors (Lipinski definition) is 5. The molecule has 3 heterocycles. The summed E-state index contributed by atoms with van der Waals surface area (Å²) in [6.45, 7) is 5.95. The molecule has 3 unspecified atom stereocenters. The second-order valence-corrected chi connectivity index (χ2v) is 8.99. The maximum absolute atomic E-state index is 12.4. The molecule has 3 N–H and O–H groups in total. The number of rotatable bonds is 8. The van der Waals surface area contributed by atoms with Crippen molar-refractivity contribution in [3.63, 3.8) is 0 Å². The summed E-state index contributed by atoms with van der Waals surface area (Å²) in [7, 11) is 0. The predicted molar refractivity (Wildman–Crippen MR) is 108 cm³/mol. The lowest BCUT2D eigenvalue weighted by atomic mass is 10.0. The molecule has 7 nitrogen and oxygen atoms in total. The van der Waals surface area contributed by atoms with E-state index in [1.54, 1.807) is 13.0 Å². The molecule has 8 heteroatoms. The second kappa shape index (κ2) is 9.80. The molecule has 4 atom stereocenters. The van der Waals surface area contributed by atoms with Gasteiger partial charge in [-0.1, -0.05) is 18.6 Å². The lowest BCUT2D eigenvalue weighted by Crippen LogP contribution is -2.48. The van der Waals surface area contributed by atoms with Gasteiger partial charge in [-0.3, -0.25) is 9.69 Å². The molecule has 3 aliphatic heterocycles. The van der Waals surface area contributed by atoms with E-state index in [9.17, 15) is 14.7 Å². The maximum atomic E-state index is 12.4. The van der Waals surface area contributed by atoms with Crippen molar-refractivity contribution in [2.45, 2.75) is 56.0 Å². The first-order chi connectivity index (χ1) is 13.0. The fourth-order valence-electron chi connectivity index (χ4n) is 4.01. The van der Waals surface area contributed by atoms with E-state index in [-0.39, 0.29) is 24.0 Å². The summed E-state index contributed by atoms with van der Waals surface area (Å²) in [5.74, 6) is 1.26. The third-order valence-corrected chi connectivity index (χ3v) is 7.08. The molecule has 3 amide bonds. The number of amides is 3. The summed E-state index contributed by atoms with van der Waals surface area (Å²) in [5, 5.41) is 15.7. The van der Waals surface area contributed by atoms with E-state index in [4.69, 9.17) is 0 Å². The molecule has 0 bridgehead atoms. The zero-order valence-electron chi connectivity index (χ0n) is 16.1. The van der Waals surface area contributed by atoms with Crippen molar-refractivity contribution in [1.29, 1.82) is 0 Å². The van der Waals surface area contributed by atoms with E-state index in [0.717, 1.165) is 57.7 Å². The minimum absolute atomic E-state index is 0.0361. The number of carbonyl (C=O) groups excluding carboxylic acids is 2. The van der Waals surface area contributed by atoms with Gasteiger partial charge in [0.15, 0.2) is 0 Å². The van der Waals surface area contributed by atoms with Crippen molar-refractivity contribution < 1.29 is 14.7 Å². The van der Waals surface area contributed by atoms with Crippen LogP contribution in [0, 0.1) is 0 Å². The molecule has 0 saturated carbocycles. The van der Waals surface area contributed by atoms with Crippen LogP contribution in [0.5, 0.6) is 0 Å². The highest BCUT2D eigenvalue weighted by molar-refractivity contribution is 8.00. The van der Waals surface area contributed by atoms with Gasteiger partial charge in [0.2, 0.25) is 5.91 Å². The summed E-state index contributed by atoms with van der Waals surface area (Å²) in [6.07, 6.45) is 7.04. The Morgan fingerprint density at radius 3 is 2.81 bits per heavy atom. The summed E-state index contributed by atoms with van der Waals surface area (Å²) in [4.78, 5) is 28.1. The first kappa shape index (κ1) is 20.5. The molecular formula is C19H32N4O3S. The third-order valence-electron chi connectivity index (χ3n) is 5.57. The summed E-state index contributed by atoms with van der Waals surface area (Å²) < 4.78 is 0. The Labute approximate surface area is 165 Å². The highest BCUT2D eigenvalue weighted by Crippen LogP contribution is 2.33. The van der Waals surface area contributed by atoms with Crippen LogP contribution in [0.15, 0.2) is 12.2 Å². The standard InChI is InChI=1S/C19H32N4O3S/c1-14(24)5-4-8-22-9-11-23(12-10-22)17(25)7-3-2-6-16-18-15(13-27-16)20-19(26)21-18/h4-5,14-16,18,24H,2-3,6-13H2,1H3,(H2,20,21,26)/b5-4+/t14-,15?,16?,18?/m0/s1. The topological polar surface area (TPSA) is 84.9 Å². The van der Waals surface area contributed by atoms with Crippen LogP contribution in [-0.2, 0) is 4.79 Å². The van der Waals surface area contributed by atoms with Crippen molar-refractivity contribution >= 4 is 23.7 Å². The van der Waals surface area contributed by atoms with Gasteiger partial charge in [-0.2, -0.15) is 11.8 Å². The minimum Gasteiger partial charge on any atom is -0.389 e. The minimum atomic E-state index is -0.400. The predicted octanol–water partition coefficient (Wildman–Crippen LogP) is 0.793. The van der Waals surface area contributed by atoms with E-state index in [1.807, 2.05) is 22.7 Å². The van der Waals surface area contributed by atoms with E-state index in [0.29, 0.717) is 11.7 Å². The van der Waals surface area contributed by atoms with Gasteiger partial charge >= 0.3 is 6.03 Å². The van der Waals surface area contributed by atoms with Gasteiger partial charge in [-0.25, -0.2) is 4.79 Å². The molecule has 3 fully saturated rings. The SMILES string of the molecule is C[C@H](O)/C=C/CN1CCN(C(=O)CCCCC2SCC3NC(=O)NC32)CC1. The van der Waals surface area contributed by atoms with Crippen LogP contribution in [-0.4, -0.2) is 88.8 Å². The fourth-order valence-corrected chi connectivity index (χ4v) is 5.55. The quantitative estimate of drug-likeness (QED) is 0.321. The van der Waals surface area contributed by atoms with Crippen LogP contribution < -0.4 is 10.6 Å². The number of urea groups is 1. The summed E-state index contributed by atoms with van der Waals surface area (Å²) in [5.41, 5.74) is 0. The van der Waals surface area contributed by atoms with Gasteiger partial charge in [0.05, 0.1) is 18.2 Å². The van der Waals surface area contributed by atoms with Gasteiger partial charge in [0.25, 0.3) is 0 Å². The number of piperazine rings is 1. The number of aliphatic hydroxyl groups is 1. The van der Waals surface area contributed by atoms with Crippen LogP contribution in [0.2, 0.25) is 0 Å². The normalized spacial score (nSPS) is 29.6. The van der Waals surface area contributed by atoms with Gasteiger partial charge in [-0.05, 0) is 19.8 Å². The number of aliphatic hydroxyl groups excluding tert-OH is 1. The van der Waals surface area contributed by atoms with Crippen LogP contribution in [0.3, 0.4) is 0 Å². The first-order valence-corrected chi connectivity index (χ1v) is 11.1. The maximum Gasteiger partial charge on any atom is 0.315 e. The molecule has 0 spiro atoms. The number of thioether (sulfide) groups is 1. The molecule has 0 aliphatic carbocycles. The van der Waals surface area contributed by atoms with Crippen molar-refractivity contribution in [3.8, 4) is 0 Å². The lowest BCUT2D eigenvalue weighted by Gasteiger charge is -2.34. The lowest BCUT2D eigenvalue weighted by molar-refractivity contribution is -0.133. The number of nitrogens with zero attached hydrogens (tertiary/aromatic N) is 2. The molecule has 0 radical (unpaired) electrons. The Balaban J connectivity index is 1.27. The van der Waals surface area contributed by atoms with Crippen LogP contribution >= 0.6 is 11.8 Å². The number of nitrogens with one attached hydrogen (secondary N) is 2. The van der Waals surface area contributed by atoms with Gasteiger partial charge in [0.1, 0.15) is 0 Å². The summed E-state index contributed by atoms with van der Waals surface area (Å²) in [6, 6.07) is 0.501. The van der Waals surface area contributed by atoms with Crippen molar-refractivity contribution in [2.24, 2.45) is 0 Å². The number of carbonyl (C=O) groups is 2. The Morgan fingerprint density at radius 1 is 1.30 bits per heavy atom. The number of hydrogen-bond donors (Lipinski definition) is 3. The Bertz CT molecular complexity index is 549. The zero-order valence-corrected chi connectivity index (χ0v) is 16.9. The van der Waals surface area contributed by atoms with Crippen LogP contribution in [0.4, 0.5) is 4.79 Å². The van der Waals surface area contributed by atoms with Gasteiger partial charge in [0, 0.05) is 50.1 Å². The van der Waals surface area contributed by atoms with E-state index >= 15 is 0 Å². The molecule has 152 valence electrons. The average molecular weight is 397 g/mol. The first-order valence-electron chi connectivity index (χ1n) is 10.1. The monoisotopic (exact) mass is 396 g/mol. The van der Waals surface area contributed by atoms with Gasteiger partial charge < -0.3 is 20.6 Å². The fraction of sp³-hybridized carbons (Fsp3) is 0.789. The molecule has 3 saturated heterocycles. The van der Waals surface area contributed by atoms with Gasteiger partial charge in [-0.15, -0.1) is 0 Å². The molecule has 0 aromatic heterocycles. The zero-order chi connectivity index (χ0) is 19.2. The van der Waals surface area contributed by atoms with Crippen molar-refractivity contribution in [2.75, 3.05) is 38.5 Å². The largest absolute Gasteiger partial charge is 0.389 e. The van der Waals surface area contributed by atoms with Crippen LogP contribution in [0.1, 0.15) is 32.6 Å². The number of unbranched alkanes of at least 4 members (excludes halogenated alkanes) is 1. The highest BCUT2D eigenvalue weighted by atomic mass is 32.2. The molecular weight excluding hydrogens is 364 g/mol.